The van der Waals surface area contributed by atoms with Crippen molar-refractivity contribution in [2.24, 2.45) is 0 Å². The lowest BCUT2D eigenvalue weighted by Crippen LogP contribution is -2.43. The van der Waals surface area contributed by atoms with Crippen LogP contribution in [0.3, 0.4) is 0 Å². The van der Waals surface area contributed by atoms with Crippen molar-refractivity contribution in [3.63, 3.8) is 0 Å². The average molecular weight is 527 g/mol. The summed E-state index contributed by atoms with van der Waals surface area (Å²) >= 11 is 0. The highest BCUT2D eigenvalue weighted by Crippen LogP contribution is 2.34. The van der Waals surface area contributed by atoms with E-state index in [1.807, 2.05) is 54.7 Å². The number of carbonyl (C=O) groups excluding carboxylic acids is 2. The lowest BCUT2D eigenvalue weighted by atomic mass is 9.87. The summed E-state index contributed by atoms with van der Waals surface area (Å²) in [6.45, 7) is 13.5. The molecule has 3 aromatic rings. The summed E-state index contributed by atoms with van der Waals surface area (Å²) in [6.07, 6.45) is 6.07. The first-order valence-corrected chi connectivity index (χ1v) is 13.7. The molecule has 39 heavy (non-hydrogen) atoms. The summed E-state index contributed by atoms with van der Waals surface area (Å²) in [4.78, 5) is 41.3. The summed E-state index contributed by atoms with van der Waals surface area (Å²) in [6, 6.07) is 15.2. The van der Waals surface area contributed by atoms with Gasteiger partial charge in [0.15, 0.2) is 0 Å². The van der Waals surface area contributed by atoms with E-state index in [1.165, 1.54) is 17.7 Å². The summed E-state index contributed by atoms with van der Waals surface area (Å²) in [5, 5.41) is 3.31. The molecule has 2 aliphatic rings. The van der Waals surface area contributed by atoms with E-state index in [2.05, 4.69) is 41.0 Å². The second kappa shape index (κ2) is 10.4. The van der Waals surface area contributed by atoms with Crippen molar-refractivity contribution in [1.82, 2.24) is 19.8 Å². The van der Waals surface area contributed by atoms with Crippen LogP contribution in [0.4, 0.5) is 22.0 Å². The molecule has 1 N–H and O–H groups in total. The van der Waals surface area contributed by atoms with E-state index in [0.717, 1.165) is 42.1 Å². The topological polar surface area (TPSA) is 81.7 Å². The van der Waals surface area contributed by atoms with Gasteiger partial charge in [0.1, 0.15) is 11.4 Å². The van der Waals surface area contributed by atoms with E-state index in [4.69, 9.17) is 0 Å². The number of hydrogen-bond acceptors (Lipinski definition) is 6. The van der Waals surface area contributed by atoms with Gasteiger partial charge in [0, 0.05) is 19.3 Å². The second-order valence-electron chi connectivity index (χ2n) is 12.1. The van der Waals surface area contributed by atoms with E-state index < -0.39 is 5.54 Å². The first kappa shape index (κ1) is 26.8. The number of anilines is 3. The minimum absolute atomic E-state index is 0.0123. The number of aromatic nitrogens is 2. The van der Waals surface area contributed by atoms with Gasteiger partial charge in [-0.25, -0.2) is 14.7 Å². The van der Waals surface area contributed by atoms with Crippen molar-refractivity contribution in [3.8, 4) is 0 Å². The predicted molar refractivity (Wildman–Crippen MR) is 154 cm³/mol. The van der Waals surface area contributed by atoms with Crippen molar-refractivity contribution in [2.45, 2.75) is 71.5 Å². The molecule has 8 nitrogen and oxygen atoms in total. The van der Waals surface area contributed by atoms with Crippen LogP contribution >= 0.6 is 0 Å². The molecular formula is C31H38N6O2. The summed E-state index contributed by atoms with van der Waals surface area (Å²) in [5.41, 5.74) is 3.53. The maximum absolute atomic E-state index is 13.5. The van der Waals surface area contributed by atoms with Crippen LogP contribution in [-0.2, 0) is 23.3 Å². The number of likely N-dealkylation sites (tertiary alicyclic amines) is 1. The molecule has 2 aliphatic heterocycles. The molecule has 0 radical (unpaired) electrons. The Bertz CT molecular complexity index is 1340. The van der Waals surface area contributed by atoms with Gasteiger partial charge in [-0.3, -0.25) is 14.7 Å². The number of rotatable bonds is 7. The molecule has 2 saturated heterocycles. The minimum Gasteiger partial charge on any atom is -0.339 e. The Hall–Kier alpha value is -3.78. The average Bonchev–Trinajstić information content (AvgIpc) is 3.46. The lowest BCUT2D eigenvalue weighted by Gasteiger charge is -2.27. The van der Waals surface area contributed by atoms with Gasteiger partial charge in [-0.2, -0.15) is 0 Å². The van der Waals surface area contributed by atoms with Crippen molar-refractivity contribution >= 4 is 29.1 Å². The number of imide groups is 1. The number of nitrogens with zero attached hydrogens (tertiary/aromatic N) is 5. The fourth-order valence-electron chi connectivity index (χ4n) is 5.17. The zero-order valence-electron chi connectivity index (χ0n) is 23.6. The van der Waals surface area contributed by atoms with Crippen molar-refractivity contribution in [2.75, 3.05) is 23.3 Å². The maximum Gasteiger partial charge on any atom is 0.332 e. The van der Waals surface area contributed by atoms with E-state index in [0.29, 0.717) is 18.1 Å². The Morgan fingerprint density at radius 2 is 1.64 bits per heavy atom. The molecule has 5 rings (SSSR count). The van der Waals surface area contributed by atoms with Gasteiger partial charge in [-0.05, 0) is 92.7 Å². The van der Waals surface area contributed by atoms with Gasteiger partial charge < -0.3 is 10.2 Å². The molecule has 0 saturated carbocycles. The first-order valence-electron chi connectivity index (χ1n) is 13.7. The van der Waals surface area contributed by atoms with Crippen molar-refractivity contribution in [1.29, 1.82) is 0 Å². The highest BCUT2D eigenvalue weighted by molar-refractivity contribution is 6.22. The molecule has 0 unspecified atom stereocenters. The number of amides is 3. The van der Waals surface area contributed by atoms with E-state index in [1.54, 1.807) is 24.9 Å². The molecular weight excluding hydrogens is 488 g/mol. The maximum atomic E-state index is 13.5. The number of hydrogen-bond donors (Lipinski definition) is 1. The Morgan fingerprint density at radius 1 is 0.923 bits per heavy atom. The molecule has 0 atom stereocenters. The normalized spacial score (nSPS) is 17.8. The molecule has 2 fully saturated rings. The number of benzene rings is 1. The van der Waals surface area contributed by atoms with Crippen LogP contribution in [0.25, 0.3) is 0 Å². The molecule has 3 amide bonds. The van der Waals surface area contributed by atoms with Gasteiger partial charge in [-0.1, -0.05) is 32.9 Å². The third-order valence-electron chi connectivity index (χ3n) is 7.66. The van der Waals surface area contributed by atoms with Gasteiger partial charge in [0.05, 0.1) is 23.3 Å². The van der Waals surface area contributed by atoms with Crippen LogP contribution < -0.4 is 10.2 Å². The number of carbonyl (C=O) groups is 2. The van der Waals surface area contributed by atoms with Crippen LogP contribution in [0, 0.1) is 0 Å². The lowest BCUT2D eigenvalue weighted by molar-refractivity contribution is -0.123. The van der Waals surface area contributed by atoms with Crippen LogP contribution in [0.1, 0.15) is 64.3 Å². The molecule has 0 bridgehead atoms. The van der Waals surface area contributed by atoms with E-state index in [9.17, 15) is 9.59 Å². The monoisotopic (exact) mass is 526 g/mol. The molecule has 204 valence electrons. The number of urea groups is 1. The highest BCUT2D eigenvalue weighted by Gasteiger charge is 2.51. The third-order valence-corrected chi connectivity index (χ3v) is 7.66. The van der Waals surface area contributed by atoms with Crippen LogP contribution in [0.15, 0.2) is 60.9 Å². The van der Waals surface area contributed by atoms with Crippen molar-refractivity contribution in [3.05, 3.63) is 77.7 Å². The number of pyridine rings is 2. The van der Waals surface area contributed by atoms with Crippen molar-refractivity contribution < 1.29 is 9.59 Å². The Balaban J connectivity index is 1.28. The summed E-state index contributed by atoms with van der Waals surface area (Å²) in [7, 11) is 0. The largest absolute Gasteiger partial charge is 0.339 e. The fourth-order valence-corrected chi connectivity index (χ4v) is 5.17. The summed E-state index contributed by atoms with van der Waals surface area (Å²) in [5.74, 6) is 0.426. The van der Waals surface area contributed by atoms with Crippen LogP contribution in [0.5, 0.6) is 0 Å². The molecule has 0 spiro atoms. The Morgan fingerprint density at radius 3 is 2.28 bits per heavy atom. The molecule has 8 heteroatoms. The van der Waals surface area contributed by atoms with Crippen LogP contribution in [0.2, 0.25) is 0 Å². The van der Waals surface area contributed by atoms with Gasteiger partial charge in [0.2, 0.25) is 0 Å². The van der Waals surface area contributed by atoms with Crippen LogP contribution in [-0.4, -0.2) is 50.3 Å². The minimum atomic E-state index is -0.980. The summed E-state index contributed by atoms with van der Waals surface area (Å²) < 4.78 is 0. The first-order chi connectivity index (χ1) is 18.5. The smallest absolute Gasteiger partial charge is 0.332 e. The Labute approximate surface area is 231 Å². The standard InChI is InChI=1S/C31H38N6O2/c1-30(2,3)23-8-12-26(13-9-23)37-28(38)31(4,5)36(29(37)39)20-22-14-15-32-27(18-22)34-24-10-11-25(33-19-24)21-35-16-6-7-17-35/h8-15,18-19H,6-7,16-17,20-21H2,1-5H3,(H,32,34). The molecule has 0 aliphatic carbocycles. The zero-order chi connectivity index (χ0) is 27.8. The van der Waals surface area contributed by atoms with E-state index >= 15 is 0 Å². The molecule has 2 aromatic heterocycles. The van der Waals surface area contributed by atoms with Gasteiger partial charge in [-0.15, -0.1) is 0 Å². The van der Waals surface area contributed by atoms with Gasteiger partial charge >= 0.3 is 6.03 Å². The highest BCUT2D eigenvalue weighted by atomic mass is 16.2. The van der Waals surface area contributed by atoms with Gasteiger partial charge in [0.25, 0.3) is 5.91 Å². The fraction of sp³-hybridized carbons (Fsp3) is 0.419. The molecule has 1 aromatic carbocycles. The zero-order valence-corrected chi connectivity index (χ0v) is 23.6. The predicted octanol–water partition coefficient (Wildman–Crippen LogP) is 5.86. The SMILES string of the molecule is CC(C)(C)c1ccc(N2C(=O)N(Cc3ccnc(Nc4ccc(CN5CCCC5)nc4)c3)C(C)(C)C2=O)cc1. The Kier molecular flexibility index (Phi) is 7.16. The third kappa shape index (κ3) is 5.66. The number of nitrogens with one attached hydrogen (secondary N) is 1. The van der Waals surface area contributed by atoms with E-state index in [-0.39, 0.29) is 17.4 Å². The molecule has 4 heterocycles. The second-order valence-corrected chi connectivity index (χ2v) is 12.1. The quantitative estimate of drug-likeness (QED) is 0.388.